The van der Waals surface area contributed by atoms with Crippen molar-refractivity contribution in [1.29, 1.82) is 0 Å². The Morgan fingerprint density at radius 3 is 1.07 bits per heavy atom. The number of amides is 2. The van der Waals surface area contributed by atoms with E-state index in [1.165, 1.54) is 0 Å². The van der Waals surface area contributed by atoms with Crippen LogP contribution >= 0.6 is 0 Å². The lowest BCUT2D eigenvalue weighted by atomic mass is 10.1. The molecule has 2 amide bonds. The molecule has 0 radical (unpaired) electrons. The molecule has 0 aliphatic heterocycles. The van der Waals surface area contributed by atoms with Crippen molar-refractivity contribution in [3.8, 4) is 0 Å². The summed E-state index contributed by atoms with van der Waals surface area (Å²) in [6.07, 6.45) is 0. The van der Waals surface area contributed by atoms with E-state index in [-0.39, 0.29) is 32.9 Å². The molecule has 0 atom stereocenters. The van der Waals surface area contributed by atoms with Gasteiger partial charge in [0.25, 0.3) is 40.5 Å². The van der Waals surface area contributed by atoms with E-state index in [0.717, 1.165) is 60.7 Å². The average Bonchev–Trinajstić information content (AvgIpc) is 2.80. The second-order valence-corrected chi connectivity index (χ2v) is 13.9. The first kappa shape index (κ1) is 29.3. The highest BCUT2D eigenvalue weighted by atomic mass is 32.2. The number of fused-ring (bicyclic) bond motifs is 2. The van der Waals surface area contributed by atoms with Gasteiger partial charge in [-0.3, -0.25) is 18.2 Å². The van der Waals surface area contributed by atoms with E-state index in [4.69, 9.17) is 0 Å². The van der Waals surface area contributed by atoms with E-state index >= 15 is 0 Å². The largest absolute Gasteiger partial charge is 0.323 e. The number of carbonyl (C=O) groups is 1. The van der Waals surface area contributed by atoms with E-state index in [1.807, 2.05) is 0 Å². The fourth-order valence-corrected chi connectivity index (χ4v) is 5.86. The van der Waals surface area contributed by atoms with Crippen LogP contribution in [-0.2, 0) is 40.5 Å². The second kappa shape index (κ2) is 9.74. The number of rotatable bonds is 6. The highest BCUT2D eigenvalue weighted by molar-refractivity contribution is 7.86. The molecule has 6 N–H and O–H groups in total. The van der Waals surface area contributed by atoms with Crippen molar-refractivity contribution < 1.29 is 56.7 Å². The van der Waals surface area contributed by atoms with Crippen LogP contribution in [0.25, 0.3) is 21.5 Å². The molecule has 4 rings (SSSR count). The Kier molecular flexibility index (Phi) is 7.14. The third-order valence-corrected chi connectivity index (χ3v) is 8.85. The van der Waals surface area contributed by atoms with Crippen molar-refractivity contribution in [1.82, 2.24) is 0 Å². The summed E-state index contributed by atoms with van der Waals surface area (Å²) in [5, 5.41) is 4.42. The first-order valence-corrected chi connectivity index (χ1v) is 16.1. The monoisotopic (exact) mass is 632 g/mol. The van der Waals surface area contributed by atoms with Crippen molar-refractivity contribution in [2.24, 2.45) is 0 Å². The summed E-state index contributed by atoms with van der Waals surface area (Å²) in [7, 11) is -19.2. The molecular weight excluding hydrogens is 617 g/mol. The summed E-state index contributed by atoms with van der Waals surface area (Å²) >= 11 is 0. The molecule has 0 bridgehead atoms. The fraction of sp³-hybridized carbons (Fsp3) is 0. The Morgan fingerprint density at radius 1 is 0.475 bits per heavy atom. The van der Waals surface area contributed by atoms with Crippen molar-refractivity contribution in [2.45, 2.75) is 19.6 Å². The number of hydrogen-bond acceptors (Lipinski definition) is 9. The van der Waals surface area contributed by atoms with E-state index in [1.54, 1.807) is 0 Å². The molecule has 0 aliphatic rings. The predicted molar refractivity (Wildman–Crippen MR) is 140 cm³/mol. The van der Waals surface area contributed by atoms with Gasteiger partial charge in [0, 0.05) is 10.8 Å². The van der Waals surface area contributed by atoms with Crippen molar-refractivity contribution >= 4 is 79.4 Å². The van der Waals surface area contributed by atoms with Gasteiger partial charge in [0.05, 0.1) is 31.0 Å². The van der Waals surface area contributed by atoms with E-state index in [0.29, 0.717) is 0 Å². The fourth-order valence-electron chi connectivity index (χ4n) is 3.74. The zero-order valence-corrected chi connectivity index (χ0v) is 22.6. The van der Waals surface area contributed by atoms with Crippen LogP contribution in [0.1, 0.15) is 0 Å². The highest BCUT2D eigenvalue weighted by Gasteiger charge is 2.20. The molecule has 0 aromatic heterocycles. The molecule has 0 heterocycles. The van der Waals surface area contributed by atoms with Gasteiger partial charge in [-0.2, -0.15) is 33.7 Å². The van der Waals surface area contributed by atoms with E-state index in [9.17, 15) is 56.7 Å². The second-order valence-electron chi connectivity index (χ2n) is 8.19. The van der Waals surface area contributed by atoms with Gasteiger partial charge >= 0.3 is 6.03 Å². The number of nitrogens with one attached hydrogen (secondary N) is 2. The average molecular weight is 633 g/mol. The van der Waals surface area contributed by atoms with Crippen LogP contribution < -0.4 is 10.6 Å². The Labute approximate surface area is 226 Å². The number of urea groups is 1. The molecule has 15 nitrogen and oxygen atoms in total. The molecule has 212 valence electrons. The SMILES string of the molecule is O=C(Nc1cc(S(=O)(=O)O)cc2cc(S(=O)(=O)O)ccc12)Nc1cc(S(=O)(=O)O)cc2cc(S(=O)(=O)O)ccc12. The molecule has 0 aliphatic carbocycles. The maximum absolute atomic E-state index is 12.9. The maximum atomic E-state index is 12.9. The van der Waals surface area contributed by atoms with Gasteiger partial charge in [0.15, 0.2) is 0 Å². The molecule has 0 saturated heterocycles. The Hall–Kier alpha value is -3.69. The molecule has 19 heteroatoms. The van der Waals surface area contributed by atoms with Gasteiger partial charge in [0.2, 0.25) is 0 Å². The topological polar surface area (TPSA) is 259 Å². The lowest BCUT2D eigenvalue weighted by molar-refractivity contribution is 0.262. The summed E-state index contributed by atoms with van der Waals surface area (Å²) < 4.78 is 131. The van der Waals surface area contributed by atoms with Crippen molar-refractivity contribution in [3.63, 3.8) is 0 Å². The van der Waals surface area contributed by atoms with Crippen LogP contribution in [0.4, 0.5) is 16.2 Å². The van der Waals surface area contributed by atoms with Gasteiger partial charge in [-0.05, 0) is 59.3 Å². The number of anilines is 2. The number of hydrogen-bond donors (Lipinski definition) is 6. The lowest BCUT2D eigenvalue weighted by Gasteiger charge is -2.14. The van der Waals surface area contributed by atoms with E-state index in [2.05, 4.69) is 10.6 Å². The standard InChI is InChI=1S/C21H16N2O13S4/c24-21(22-19-9-15(39(31,32)33)7-11-5-13(37(25,26)27)1-3-17(11)19)23-20-10-16(40(34,35)36)8-12-6-14(38(28,29)30)2-4-18(12)20/h1-10H,(H2,22,23,24)(H,25,26,27)(H,28,29,30)(H,31,32,33)(H,34,35,36). The van der Waals surface area contributed by atoms with Gasteiger partial charge < -0.3 is 10.6 Å². The molecule has 0 unspecified atom stereocenters. The quantitative estimate of drug-likeness (QED) is 0.167. The Balaban J connectivity index is 1.83. The molecule has 4 aromatic rings. The third kappa shape index (κ3) is 6.21. The first-order chi connectivity index (χ1) is 18.2. The maximum Gasteiger partial charge on any atom is 0.323 e. The van der Waals surface area contributed by atoms with Gasteiger partial charge in [-0.1, -0.05) is 12.1 Å². The zero-order chi connectivity index (χ0) is 29.8. The van der Waals surface area contributed by atoms with Crippen LogP contribution in [0.3, 0.4) is 0 Å². The minimum absolute atomic E-state index is 0.0595. The molecule has 4 aromatic carbocycles. The molecule has 0 fully saturated rings. The van der Waals surface area contributed by atoms with Crippen molar-refractivity contribution in [2.75, 3.05) is 10.6 Å². The Bertz CT molecular complexity index is 2010. The van der Waals surface area contributed by atoms with Gasteiger partial charge in [-0.25, -0.2) is 4.79 Å². The zero-order valence-electron chi connectivity index (χ0n) is 19.4. The normalized spacial score (nSPS) is 12.9. The lowest BCUT2D eigenvalue weighted by Crippen LogP contribution is -2.20. The van der Waals surface area contributed by atoms with Crippen LogP contribution in [-0.4, -0.2) is 57.9 Å². The van der Waals surface area contributed by atoms with Crippen molar-refractivity contribution in [3.05, 3.63) is 60.7 Å². The minimum Gasteiger partial charge on any atom is -0.307 e. The summed E-state index contributed by atoms with van der Waals surface area (Å²) in [5.74, 6) is 0. The smallest absolute Gasteiger partial charge is 0.307 e. The summed E-state index contributed by atoms with van der Waals surface area (Å²) in [6, 6.07) is 8.30. The Morgan fingerprint density at radius 2 is 0.775 bits per heavy atom. The van der Waals surface area contributed by atoms with E-state index < -0.39 is 66.1 Å². The third-order valence-electron chi connectivity index (χ3n) is 5.48. The molecule has 0 spiro atoms. The molecule has 0 saturated carbocycles. The summed E-state index contributed by atoms with van der Waals surface area (Å²) in [4.78, 5) is 10.2. The highest BCUT2D eigenvalue weighted by Crippen LogP contribution is 2.32. The first-order valence-electron chi connectivity index (χ1n) is 10.4. The molecular formula is C21H16N2O13S4. The van der Waals surface area contributed by atoms with Crippen LogP contribution in [0.2, 0.25) is 0 Å². The van der Waals surface area contributed by atoms with Crippen LogP contribution in [0, 0.1) is 0 Å². The number of carbonyl (C=O) groups excluding carboxylic acids is 1. The predicted octanol–water partition coefficient (Wildman–Crippen LogP) is 2.62. The van der Waals surface area contributed by atoms with Gasteiger partial charge in [-0.15, -0.1) is 0 Å². The summed E-state index contributed by atoms with van der Waals surface area (Å²) in [5.41, 5.74) is -0.540. The summed E-state index contributed by atoms with van der Waals surface area (Å²) in [6.45, 7) is 0. The van der Waals surface area contributed by atoms with Crippen LogP contribution in [0.5, 0.6) is 0 Å². The van der Waals surface area contributed by atoms with Gasteiger partial charge in [0.1, 0.15) is 0 Å². The molecule has 40 heavy (non-hydrogen) atoms. The minimum atomic E-state index is -4.87. The number of benzene rings is 4. The van der Waals surface area contributed by atoms with Crippen LogP contribution in [0.15, 0.2) is 80.2 Å².